The second kappa shape index (κ2) is 32.0. The van der Waals surface area contributed by atoms with Gasteiger partial charge in [-0.1, -0.05) is 76.6 Å². The Morgan fingerprint density at radius 1 is 0.442 bits per heavy atom. The predicted octanol–water partition coefficient (Wildman–Crippen LogP) is 8.49. The minimum atomic E-state index is -3.61. The van der Waals surface area contributed by atoms with Crippen molar-refractivity contribution in [2.45, 2.75) is 48.5 Å². The SMILES string of the molecule is CCN(CC)CCN=C(C)/C=C(/C)[N-]CCN(CC)CC.Cc1ccccc1.[O-]B(c1c(F)c(F)c(F)c(F)c1F)c1c(F)c(F)c(F)c(F)c1F.[O-]B(c1c(F)c(F)c(F)c(F)c1F)c1c(F)c(F)c(F)c(F)c1F.[Sc+3]. The van der Waals surface area contributed by atoms with Gasteiger partial charge in [0.25, 0.3) is 0 Å². The molecule has 0 heterocycles. The van der Waals surface area contributed by atoms with Gasteiger partial charge in [-0.2, -0.15) is 5.70 Å². The minimum absolute atomic E-state index is 0. The summed E-state index contributed by atoms with van der Waals surface area (Å²) in [4.78, 5) is 9.38. The van der Waals surface area contributed by atoms with E-state index < -0.39 is 152 Å². The van der Waals surface area contributed by atoms with E-state index in [-0.39, 0.29) is 25.8 Å². The molecule has 5 aromatic rings. The third kappa shape index (κ3) is 17.4. The molecule has 0 bridgehead atoms. The summed E-state index contributed by atoms with van der Waals surface area (Å²) in [6, 6.07) is 10.3. The Morgan fingerprint density at radius 3 is 0.922 bits per heavy atom. The molecule has 0 aromatic heterocycles. The predicted molar refractivity (Wildman–Crippen MR) is 242 cm³/mol. The van der Waals surface area contributed by atoms with E-state index in [2.05, 4.69) is 86.8 Å². The summed E-state index contributed by atoms with van der Waals surface area (Å²) in [5.74, 6) is -53.6. The van der Waals surface area contributed by atoms with E-state index in [0.29, 0.717) is 0 Å². The first kappa shape index (κ1) is 69.8. The molecule has 6 nitrogen and oxygen atoms in total. The molecule has 0 radical (unpaired) electrons. The van der Waals surface area contributed by atoms with Gasteiger partial charge in [-0.05, 0) is 68.4 Å². The van der Waals surface area contributed by atoms with E-state index in [4.69, 9.17) is 0 Å². The van der Waals surface area contributed by atoms with Crippen molar-refractivity contribution >= 4 is 41.4 Å². The molecule has 5 aromatic carbocycles. The normalized spacial score (nSPS) is 11.4. The molecule has 0 unspecified atom stereocenters. The van der Waals surface area contributed by atoms with Gasteiger partial charge >= 0.3 is 25.8 Å². The van der Waals surface area contributed by atoms with Crippen molar-refractivity contribution < 1.29 is 124 Å². The van der Waals surface area contributed by atoms with Gasteiger partial charge in [0.2, 0.25) is 0 Å². The van der Waals surface area contributed by atoms with Gasteiger partial charge in [0.1, 0.15) is 13.8 Å². The van der Waals surface area contributed by atoms with Crippen molar-refractivity contribution in [2.24, 2.45) is 4.99 Å². The van der Waals surface area contributed by atoms with E-state index in [1.165, 1.54) is 5.56 Å². The molecule has 5 rings (SSSR count). The van der Waals surface area contributed by atoms with Gasteiger partial charge < -0.3 is 25.2 Å². The number of aliphatic imine (C=N–C) groups is 1. The van der Waals surface area contributed by atoms with Crippen molar-refractivity contribution in [3.8, 4) is 0 Å². The smallest absolute Gasteiger partial charge is 0.871 e. The first-order valence-electron chi connectivity index (χ1n) is 22.2. The fraction of sp³-hybridized carbons (Fsp3) is 0.312. The Bertz CT molecular complexity index is 2470. The summed E-state index contributed by atoms with van der Waals surface area (Å²) >= 11 is 0. The quantitative estimate of drug-likeness (QED) is 0.0327. The van der Waals surface area contributed by atoms with Crippen LogP contribution in [-0.2, 0) is 25.8 Å². The fourth-order valence-corrected chi connectivity index (χ4v) is 6.44. The number of rotatable bonds is 16. The fourth-order valence-electron chi connectivity index (χ4n) is 6.44. The van der Waals surface area contributed by atoms with Crippen molar-refractivity contribution in [1.82, 2.24) is 9.80 Å². The van der Waals surface area contributed by atoms with E-state index in [0.717, 1.165) is 63.8 Å². The van der Waals surface area contributed by atoms with Crippen molar-refractivity contribution in [3.05, 3.63) is 169 Å². The molecule has 416 valence electrons. The molecule has 77 heavy (non-hydrogen) atoms. The van der Waals surface area contributed by atoms with Crippen LogP contribution in [0.15, 0.2) is 47.1 Å². The molecule has 0 spiro atoms. The first-order chi connectivity index (χ1) is 35.5. The van der Waals surface area contributed by atoms with Crippen LogP contribution in [0.3, 0.4) is 0 Å². The molecule has 0 aliphatic carbocycles. The monoisotopic (exact) mass is 1150 g/mol. The molecule has 0 atom stereocenters. The molecule has 0 aliphatic heterocycles. The molecule has 0 N–H and O–H groups in total. The van der Waals surface area contributed by atoms with E-state index in [9.17, 15) is 97.9 Å². The summed E-state index contributed by atoms with van der Waals surface area (Å²) in [5.41, 5.74) is -5.66. The summed E-state index contributed by atoms with van der Waals surface area (Å²) in [5, 5.41) is 28.1. The number of hydrogen-bond donors (Lipinski definition) is 0. The molecule has 0 amide bonds. The van der Waals surface area contributed by atoms with Crippen LogP contribution < -0.4 is 31.9 Å². The molecule has 0 fully saturated rings. The maximum Gasteiger partial charge on any atom is 3.00 e. The molecule has 0 saturated carbocycles. The maximum absolute atomic E-state index is 13.5. The standard InChI is InChI=1S/C17H35N4.2C12BF10O.C7H8.Sc/c1-7-20(8-2)13-11-18-16(5)15-17(6)19-12-14-21(9-3)10-4;2*14-3-1(4(15)8(19)11(22)7(3)18)13(24)2-5(16)9(20)12(23)10(21)6(2)17;1-7-5-3-2-4-6-7;/h15H,7-14H2,1-6H3;;;2-6H,1H3;/q3*-1;;+3/b16-15-,19-17?;;;;. The van der Waals surface area contributed by atoms with Gasteiger partial charge in [-0.3, -0.25) is 4.99 Å². The summed E-state index contributed by atoms with van der Waals surface area (Å²) < 4.78 is 263. The Hall–Kier alpha value is -5.25. The zero-order valence-electron chi connectivity index (χ0n) is 41.5. The number of benzene rings is 5. The van der Waals surface area contributed by atoms with Crippen LogP contribution in [0.1, 0.15) is 47.1 Å². The molecule has 29 heteroatoms. The van der Waals surface area contributed by atoms with Crippen molar-refractivity contribution in [3.63, 3.8) is 0 Å². The molecular formula is C48H43B2F20N4O2Sc. The third-order valence-electron chi connectivity index (χ3n) is 10.7. The van der Waals surface area contributed by atoms with Crippen LogP contribution in [0, 0.1) is 123 Å². The van der Waals surface area contributed by atoms with Crippen LogP contribution in [0.5, 0.6) is 0 Å². The van der Waals surface area contributed by atoms with Crippen LogP contribution >= 0.6 is 0 Å². The Kier molecular flexibility index (Phi) is 29.0. The Labute approximate surface area is 448 Å². The number of aryl methyl sites for hydroxylation is 1. The number of hydrogen-bond acceptors (Lipinski definition) is 5. The zero-order chi connectivity index (χ0) is 58.2. The van der Waals surface area contributed by atoms with Crippen molar-refractivity contribution in [1.29, 1.82) is 0 Å². The maximum atomic E-state index is 13.5. The van der Waals surface area contributed by atoms with Crippen LogP contribution in [0.25, 0.3) is 5.32 Å². The van der Waals surface area contributed by atoms with Crippen LogP contribution in [-0.4, -0.2) is 81.7 Å². The van der Waals surface area contributed by atoms with Crippen LogP contribution in [0.4, 0.5) is 87.8 Å². The molecular weight excluding hydrogens is 1110 g/mol. The summed E-state index contributed by atoms with van der Waals surface area (Å²) in [6.45, 7) is 16.0. The van der Waals surface area contributed by atoms with Gasteiger partial charge in [0.05, 0.1) is 6.54 Å². The van der Waals surface area contributed by atoms with E-state index >= 15 is 0 Å². The molecule has 0 aliphatic rings. The second-order valence-electron chi connectivity index (χ2n) is 15.6. The van der Waals surface area contributed by atoms with E-state index in [1.54, 1.807) is 0 Å². The zero-order valence-corrected chi connectivity index (χ0v) is 43.3. The minimum Gasteiger partial charge on any atom is -0.871 e. The number of allylic oxidation sites excluding steroid dienone is 2. The summed E-state index contributed by atoms with van der Waals surface area (Å²) in [7, 11) is 0. The average Bonchev–Trinajstić information content (AvgIpc) is 3.39. The van der Waals surface area contributed by atoms with Crippen molar-refractivity contribution in [2.75, 3.05) is 52.4 Å². The number of likely N-dealkylation sites (N-methyl/N-ethyl adjacent to an activating group) is 2. The largest absolute Gasteiger partial charge is 3.00 e. The third-order valence-corrected chi connectivity index (χ3v) is 10.7. The van der Waals surface area contributed by atoms with Gasteiger partial charge in [-0.15, -0.1) is 6.54 Å². The average molecular weight is 1150 g/mol. The van der Waals surface area contributed by atoms with Gasteiger partial charge in [-0.25, -0.2) is 87.8 Å². The Morgan fingerprint density at radius 2 is 0.688 bits per heavy atom. The van der Waals surface area contributed by atoms with Crippen LogP contribution in [0.2, 0.25) is 0 Å². The van der Waals surface area contributed by atoms with Gasteiger partial charge in [0.15, 0.2) is 116 Å². The van der Waals surface area contributed by atoms with Gasteiger partial charge in [0, 0.05) is 12.3 Å². The second-order valence-corrected chi connectivity index (χ2v) is 15.6. The molecule has 0 saturated heterocycles. The number of halogens is 20. The summed E-state index contributed by atoms with van der Waals surface area (Å²) in [6.07, 6.45) is 2.09. The topological polar surface area (TPSA) is 79.1 Å². The Balaban J connectivity index is 0.000000539. The van der Waals surface area contributed by atoms with E-state index in [1.807, 2.05) is 18.2 Å². The number of nitrogens with zero attached hydrogens (tertiary/aromatic N) is 4. The first-order valence-corrected chi connectivity index (χ1v) is 22.2.